The Kier molecular flexibility index (Phi) is 3.90. The van der Waals surface area contributed by atoms with Crippen LogP contribution in [0.1, 0.15) is 20.7 Å². The van der Waals surface area contributed by atoms with Crippen LogP contribution < -0.4 is 16.4 Å². The van der Waals surface area contributed by atoms with Crippen molar-refractivity contribution in [2.24, 2.45) is 0 Å². The Morgan fingerprint density at radius 1 is 1.00 bits per heavy atom. The van der Waals surface area contributed by atoms with Gasteiger partial charge in [-0.25, -0.2) is 4.39 Å². The molecule has 0 spiro atoms. The molecule has 0 atom stereocenters. The lowest BCUT2D eigenvalue weighted by Gasteiger charge is -2.07. The topological polar surface area (TPSA) is 91.1 Å². The van der Waals surface area contributed by atoms with Gasteiger partial charge in [-0.3, -0.25) is 25.2 Å². The standard InChI is InChI=1S/C13H10FN3O3/c14-10-4-2-1-3-9(10)13(20)17-16-12(19)8-5-6-11(18)15-7-8/h1-7H,(H,15,18)(H,16,19)(H,17,20). The Balaban J connectivity index is 2.00. The molecule has 0 bridgehead atoms. The zero-order valence-electron chi connectivity index (χ0n) is 10.1. The molecule has 6 nitrogen and oxygen atoms in total. The summed E-state index contributed by atoms with van der Waals surface area (Å²) >= 11 is 0. The number of H-pyrrole nitrogens is 1. The lowest BCUT2D eigenvalue weighted by molar-refractivity contribution is 0.0844. The Morgan fingerprint density at radius 2 is 1.70 bits per heavy atom. The number of benzene rings is 1. The lowest BCUT2D eigenvalue weighted by Crippen LogP contribution is -2.42. The van der Waals surface area contributed by atoms with Gasteiger partial charge in [-0.2, -0.15) is 0 Å². The third kappa shape index (κ3) is 3.08. The van der Waals surface area contributed by atoms with Crippen LogP contribution in [0.4, 0.5) is 4.39 Å². The smallest absolute Gasteiger partial charge is 0.272 e. The molecule has 0 saturated carbocycles. The summed E-state index contributed by atoms with van der Waals surface area (Å²) < 4.78 is 13.3. The molecule has 0 aliphatic heterocycles. The number of nitrogens with one attached hydrogen (secondary N) is 3. The van der Waals surface area contributed by atoms with Crippen molar-refractivity contribution in [2.45, 2.75) is 0 Å². The van der Waals surface area contributed by atoms with E-state index in [4.69, 9.17) is 0 Å². The van der Waals surface area contributed by atoms with Crippen LogP contribution in [0.25, 0.3) is 0 Å². The van der Waals surface area contributed by atoms with Crippen molar-refractivity contribution in [1.29, 1.82) is 0 Å². The van der Waals surface area contributed by atoms with E-state index in [-0.39, 0.29) is 16.7 Å². The molecule has 102 valence electrons. The van der Waals surface area contributed by atoms with E-state index in [1.807, 2.05) is 0 Å². The van der Waals surface area contributed by atoms with Gasteiger partial charge in [0.15, 0.2) is 0 Å². The molecule has 20 heavy (non-hydrogen) atoms. The highest BCUT2D eigenvalue weighted by atomic mass is 19.1. The molecular weight excluding hydrogens is 265 g/mol. The minimum Gasteiger partial charge on any atom is -0.328 e. The summed E-state index contributed by atoms with van der Waals surface area (Å²) in [6, 6.07) is 7.85. The van der Waals surface area contributed by atoms with Gasteiger partial charge in [0.2, 0.25) is 5.56 Å². The number of halogens is 1. The molecule has 1 aromatic heterocycles. The third-order valence-electron chi connectivity index (χ3n) is 2.45. The minimum absolute atomic E-state index is 0.151. The van der Waals surface area contributed by atoms with E-state index in [2.05, 4.69) is 15.8 Å². The van der Waals surface area contributed by atoms with Crippen molar-refractivity contribution in [1.82, 2.24) is 15.8 Å². The largest absolute Gasteiger partial charge is 0.328 e. The number of hydrogen-bond donors (Lipinski definition) is 3. The number of hydrogen-bond acceptors (Lipinski definition) is 3. The fraction of sp³-hybridized carbons (Fsp3) is 0. The van der Waals surface area contributed by atoms with Crippen LogP contribution in [0.15, 0.2) is 47.4 Å². The SMILES string of the molecule is O=C(NNC(=O)c1ccccc1F)c1ccc(=O)[nH]c1. The van der Waals surface area contributed by atoms with Crippen LogP contribution in [0.5, 0.6) is 0 Å². The first kappa shape index (κ1) is 13.5. The lowest BCUT2D eigenvalue weighted by atomic mass is 10.2. The van der Waals surface area contributed by atoms with Gasteiger partial charge in [0.1, 0.15) is 5.82 Å². The van der Waals surface area contributed by atoms with Crippen molar-refractivity contribution in [3.05, 3.63) is 69.9 Å². The van der Waals surface area contributed by atoms with Crippen molar-refractivity contribution in [3.8, 4) is 0 Å². The highest BCUT2D eigenvalue weighted by Crippen LogP contribution is 2.05. The third-order valence-corrected chi connectivity index (χ3v) is 2.45. The summed E-state index contributed by atoms with van der Waals surface area (Å²) in [5.41, 5.74) is 3.81. The van der Waals surface area contributed by atoms with Gasteiger partial charge < -0.3 is 4.98 Å². The average Bonchev–Trinajstić information content (AvgIpc) is 2.45. The van der Waals surface area contributed by atoms with Gasteiger partial charge in [0, 0.05) is 12.3 Å². The maximum Gasteiger partial charge on any atom is 0.272 e. The van der Waals surface area contributed by atoms with E-state index in [0.29, 0.717) is 0 Å². The summed E-state index contributed by atoms with van der Waals surface area (Å²) in [4.78, 5) is 36.4. The van der Waals surface area contributed by atoms with E-state index in [0.717, 1.165) is 6.07 Å². The molecule has 0 aliphatic rings. The number of carbonyl (C=O) groups excluding carboxylic acids is 2. The molecule has 2 rings (SSSR count). The maximum absolute atomic E-state index is 13.3. The molecule has 0 saturated heterocycles. The Labute approximate surface area is 112 Å². The summed E-state index contributed by atoms with van der Waals surface area (Å²) in [5, 5.41) is 0. The van der Waals surface area contributed by atoms with Gasteiger partial charge in [-0.15, -0.1) is 0 Å². The highest BCUT2D eigenvalue weighted by Gasteiger charge is 2.12. The second kappa shape index (κ2) is 5.79. The quantitative estimate of drug-likeness (QED) is 0.700. The van der Waals surface area contributed by atoms with E-state index >= 15 is 0 Å². The monoisotopic (exact) mass is 275 g/mol. The summed E-state index contributed by atoms with van der Waals surface area (Å²) in [7, 11) is 0. The van der Waals surface area contributed by atoms with Gasteiger partial charge in [0.25, 0.3) is 11.8 Å². The molecule has 0 unspecified atom stereocenters. The predicted molar refractivity (Wildman–Crippen MR) is 68.4 cm³/mol. The molecule has 0 fully saturated rings. The molecule has 3 N–H and O–H groups in total. The number of aromatic nitrogens is 1. The van der Waals surface area contributed by atoms with Crippen LogP contribution in [0, 0.1) is 5.82 Å². The second-order valence-electron chi connectivity index (χ2n) is 3.83. The molecule has 1 heterocycles. The molecule has 1 aromatic carbocycles. The van der Waals surface area contributed by atoms with Gasteiger partial charge in [-0.05, 0) is 18.2 Å². The number of amides is 2. The number of aromatic amines is 1. The van der Waals surface area contributed by atoms with E-state index < -0.39 is 17.6 Å². The number of pyridine rings is 1. The van der Waals surface area contributed by atoms with Crippen molar-refractivity contribution >= 4 is 11.8 Å². The first-order valence-corrected chi connectivity index (χ1v) is 5.62. The first-order chi connectivity index (χ1) is 9.58. The van der Waals surface area contributed by atoms with Crippen molar-refractivity contribution in [2.75, 3.05) is 0 Å². The molecule has 2 aromatic rings. The number of hydrazine groups is 1. The van der Waals surface area contributed by atoms with Crippen LogP contribution in [0.3, 0.4) is 0 Å². The first-order valence-electron chi connectivity index (χ1n) is 5.62. The highest BCUT2D eigenvalue weighted by molar-refractivity contribution is 5.98. The molecule has 0 radical (unpaired) electrons. The molecule has 0 aliphatic carbocycles. The van der Waals surface area contributed by atoms with E-state index in [9.17, 15) is 18.8 Å². The van der Waals surface area contributed by atoms with Crippen LogP contribution >= 0.6 is 0 Å². The molecule has 2 amide bonds. The van der Waals surface area contributed by atoms with E-state index in [1.54, 1.807) is 0 Å². The van der Waals surface area contributed by atoms with Crippen molar-refractivity contribution < 1.29 is 14.0 Å². The summed E-state index contributed by atoms with van der Waals surface area (Å²) in [6.07, 6.45) is 1.20. The molecular formula is C13H10FN3O3. The fourth-order valence-corrected chi connectivity index (χ4v) is 1.45. The van der Waals surface area contributed by atoms with Crippen LogP contribution in [0.2, 0.25) is 0 Å². The minimum atomic E-state index is -0.777. The zero-order chi connectivity index (χ0) is 14.5. The van der Waals surface area contributed by atoms with Crippen LogP contribution in [-0.4, -0.2) is 16.8 Å². The maximum atomic E-state index is 13.3. The summed E-state index contributed by atoms with van der Waals surface area (Å²) in [6.45, 7) is 0. The second-order valence-corrected chi connectivity index (χ2v) is 3.83. The van der Waals surface area contributed by atoms with Gasteiger partial charge in [0.05, 0.1) is 11.1 Å². The van der Waals surface area contributed by atoms with Crippen LogP contribution in [-0.2, 0) is 0 Å². The number of rotatable bonds is 2. The molecule has 7 heteroatoms. The normalized spacial score (nSPS) is 9.85. The Bertz CT molecular complexity index is 692. The zero-order valence-corrected chi connectivity index (χ0v) is 10.1. The van der Waals surface area contributed by atoms with Gasteiger partial charge in [-0.1, -0.05) is 12.1 Å². The average molecular weight is 275 g/mol. The Morgan fingerprint density at radius 3 is 2.35 bits per heavy atom. The Hall–Kier alpha value is -2.96. The fourth-order valence-electron chi connectivity index (χ4n) is 1.45. The van der Waals surface area contributed by atoms with E-state index in [1.165, 1.54) is 36.5 Å². The number of carbonyl (C=O) groups is 2. The van der Waals surface area contributed by atoms with Crippen molar-refractivity contribution in [3.63, 3.8) is 0 Å². The summed E-state index contributed by atoms with van der Waals surface area (Å²) in [5.74, 6) is -2.10. The predicted octanol–water partition coefficient (Wildman–Crippen LogP) is 0.589. The van der Waals surface area contributed by atoms with Gasteiger partial charge >= 0.3 is 0 Å².